The van der Waals surface area contributed by atoms with E-state index in [1.165, 1.54) is 16.0 Å². The van der Waals surface area contributed by atoms with Gasteiger partial charge >= 0.3 is 0 Å². The zero-order valence-electron chi connectivity index (χ0n) is 17.4. The molecule has 2 amide bonds. The molecule has 1 aromatic carbocycles. The SMILES string of the molecule is O=C(CN1CCCC(c2nc3ccccc3s2)C1)N1CCN(C(=O)c2ccco2)CC1. The van der Waals surface area contributed by atoms with E-state index in [1.807, 2.05) is 11.0 Å². The Morgan fingerprint density at radius 2 is 1.84 bits per heavy atom. The van der Waals surface area contributed by atoms with Crippen LogP contribution in [0.1, 0.15) is 34.3 Å². The molecule has 31 heavy (non-hydrogen) atoms. The maximum Gasteiger partial charge on any atom is 0.289 e. The number of carbonyl (C=O) groups is 2. The van der Waals surface area contributed by atoms with Gasteiger partial charge in [-0.25, -0.2) is 4.98 Å². The van der Waals surface area contributed by atoms with Crippen molar-refractivity contribution in [1.82, 2.24) is 19.7 Å². The van der Waals surface area contributed by atoms with Crippen LogP contribution in [0.5, 0.6) is 0 Å². The Morgan fingerprint density at radius 3 is 2.61 bits per heavy atom. The van der Waals surface area contributed by atoms with E-state index in [0.29, 0.717) is 44.4 Å². The van der Waals surface area contributed by atoms with Crippen molar-refractivity contribution < 1.29 is 14.0 Å². The van der Waals surface area contributed by atoms with E-state index < -0.39 is 0 Å². The summed E-state index contributed by atoms with van der Waals surface area (Å²) in [6.07, 6.45) is 3.71. The summed E-state index contributed by atoms with van der Waals surface area (Å²) in [6, 6.07) is 11.7. The van der Waals surface area contributed by atoms with Gasteiger partial charge in [-0.2, -0.15) is 0 Å². The Morgan fingerprint density at radius 1 is 1.03 bits per heavy atom. The number of para-hydroxylation sites is 1. The molecule has 4 heterocycles. The lowest BCUT2D eigenvalue weighted by Crippen LogP contribution is -2.53. The Hall–Kier alpha value is -2.71. The van der Waals surface area contributed by atoms with Crippen molar-refractivity contribution >= 4 is 33.4 Å². The van der Waals surface area contributed by atoms with Gasteiger partial charge < -0.3 is 14.2 Å². The average Bonchev–Trinajstić information content (AvgIpc) is 3.49. The number of rotatable bonds is 4. The number of aromatic nitrogens is 1. The Kier molecular flexibility index (Phi) is 5.74. The fourth-order valence-corrected chi connectivity index (χ4v) is 5.56. The first kappa shape index (κ1) is 20.2. The third kappa shape index (κ3) is 4.36. The molecule has 2 aliphatic rings. The maximum absolute atomic E-state index is 12.9. The zero-order chi connectivity index (χ0) is 21.2. The van der Waals surface area contributed by atoms with E-state index in [2.05, 4.69) is 23.1 Å². The van der Waals surface area contributed by atoms with E-state index in [0.717, 1.165) is 31.4 Å². The van der Waals surface area contributed by atoms with Crippen LogP contribution < -0.4 is 0 Å². The predicted molar refractivity (Wildman–Crippen MR) is 119 cm³/mol. The smallest absolute Gasteiger partial charge is 0.289 e. The number of benzene rings is 1. The molecule has 0 aliphatic carbocycles. The van der Waals surface area contributed by atoms with Crippen molar-refractivity contribution in [1.29, 1.82) is 0 Å². The van der Waals surface area contributed by atoms with Gasteiger partial charge in [0.2, 0.25) is 5.91 Å². The number of furan rings is 1. The van der Waals surface area contributed by atoms with Crippen LogP contribution in [0.4, 0.5) is 0 Å². The monoisotopic (exact) mass is 438 g/mol. The molecule has 8 heteroatoms. The highest BCUT2D eigenvalue weighted by Crippen LogP contribution is 2.32. The van der Waals surface area contributed by atoms with Crippen molar-refractivity contribution in [3.05, 3.63) is 53.4 Å². The summed E-state index contributed by atoms with van der Waals surface area (Å²) in [4.78, 5) is 36.1. The van der Waals surface area contributed by atoms with E-state index >= 15 is 0 Å². The van der Waals surface area contributed by atoms with Crippen molar-refractivity contribution in [3.63, 3.8) is 0 Å². The molecule has 0 spiro atoms. The van der Waals surface area contributed by atoms with Crippen molar-refractivity contribution in [2.75, 3.05) is 45.8 Å². The highest BCUT2D eigenvalue weighted by molar-refractivity contribution is 7.18. The summed E-state index contributed by atoms with van der Waals surface area (Å²) in [5.74, 6) is 0.789. The third-order valence-electron chi connectivity index (χ3n) is 6.18. The molecule has 1 atom stereocenters. The summed E-state index contributed by atoms with van der Waals surface area (Å²) < 4.78 is 6.44. The van der Waals surface area contributed by atoms with E-state index in [4.69, 9.17) is 9.40 Å². The van der Waals surface area contributed by atoms with Gasteiger partial charge in [-0.05, 0) is 43.7 Å². The number of thiazole rings is 1. The van der Waals surface area contributed by atoms with Crippen LogP contribution in [0.3, 0.4) is 0 Å². The van der Waals surface area contributed by atoms with Gasteiger partial charge in [0.15, 0.2) is 5.76 Å². The molecule has 0 bridgehead atoms. The molecule has 2 aromatic heterocycles. The molecule has 1 unspecified atom stereocenters. The van der Waals surface area contributed by atoms with Crippen LogP contribution in [-0.4, -0.2) is 77.3 Å². The number of piperazine rings is 1. The number of nitrogens with zero attached hydrogens (tertiary/aromatic N) is 4. The minimum Gasteiger partial charge on any atom is -0.459 e. The summed E-state index contributed by atoms with van der Waals surface area (Å²) >= 11 is 1.78. The Balaban J connectivity index is 1.15. The van der Waals surface area contributed by atoms with Crippen LogP contribution in [0.25, 0.3) is 10.2 Å². The Bertz CT molecular complexity index is 1020. The lowest BCUT2D eigenvalue weighted by atomic mass is 9.98. The highest BCUT2D eigenvalue weighted by atomic mass is 32.1. The van der Waals surface area contributed by atoms with Crippen molar-refractivity contribution in [3.8, 4) is 0 Å². The largest absolute Gasteiger partial charge is 0.459 e. The predicted octanol–water partition coefficient (Wildman–Crippen LogP) is 3.05. The highest BCUT2D eigenvalue weighted by Gasteiger charge is 2.29. The van der Waals surface area contributed by atoms with Gasteiger partial charge in [-0.1, -0.05) is 12.1 Å². The number of fused-ring (bicyclic) bond motifs is 1. The molecule has 0 radical (unpaired) electrons. The first-order chi connectivity index (χ1) is 15.2. The summed E-state index contributed by atoms with van der Waals surface area (Å²) in [5, 5.41) is 1.18. The summed E-state index contributed by atoms with van der Waals surface area (Å²) in [5.41, 5.74) is 1.07. The quantitative estimate of drug-likeness (QED) is 0.626. The van der Waals surface area contributed by atoms with Crippen LogP contribution in [0.2, 0.25) is 0 Å². The van der Waals surface area contributed by atoms with Gasteiger partial charge in [-0.3, -0.25) is 14.5 Å². The molecule has 7 nitrogen and oxygen atoms in total. The summed E-state index contributed by atoms with van der Waals surface area (Å²) in [7, 11) is 0. The van der Waals surface area contributed by atoms with Gasteiger partial charge in [0.1, 0.15) is 0 Å². The number of hydrogen-bond acceptors (Lipinski definition) is 6. The second-order valence-electron chi connectivity index (χ2n) is 8.24. The number of likely N-dealkylation sites (tertiary alicyclic amines) is 1. The minimum atomic E-state index is -0.105. The molecular formula is C23H26N4O3S. The summed E-state index contributed by atoms with van der Waals surface area (Å²) in [6.45, 7) is 4.49. The van der Waals surface area contributed by atoms with E-state index in [9.17, 15) is 9.59 Å². The molecule has 162 valence electrons. The van der Waals surface area contributed by atoms with Crippen molar-refractivity contribution in [2.24, 2.45) is 0 Å². The number of piperidine rings is 1. The van der Waals surface area contributed by atoms with Gasteiger partial charge in [0.05, 0.1) is 28.0 Å². The Labute approximate surface area is 185 Å². The van der Waals surface area contributed by atoms with Crippen LogP contribution in [-0.2, 0) is 4.79 Å². The van der Waals surface area contributed by atoms with Gasteiger partial charge in [-0.15, -0.1) is 11.3 Å². The fraction of sp³-hybridized carbons (Fsp3) is 0.435. The average molecular weight is 439 g/mol. The lowest BCUT2D eigenvalue weighted by molar-refractivity contribution is -0.134. The topological polar surface area (TPSA) is 69.9 Å². The number of carbonyl (C=O) groups excluding carboxylic acids is 2. The number of amides is 2. The normalized spacial score (nSPS) is 20.3. The maximum atomic E-state index is 12.9. The molecule has 2 saturated heterocycles. The molecule has 2 fully saturated rings. The molecule has 5 rings (SSSR count). The lowest BCUT2D eigenvalue weighted by Gasteiger charge is -2.37. The number of hydrogen-bond donors (Lipinski definition) is 0. The van der Waals surface area contributed by atoms with Gasteiger partial charge in [0, 0.05) is 38.6 Å². The van der Waals surface area contributed by atoms with E-state index in [1.54, 1.807) is 28.4 Å². The first-order valence-corrected chi connectivity index (χ1v) is 11.7. The molecule has 0 saturated carbocycles. The van der Waals surface area contributed by atoms with Crippen LogP contribution in [0, 0.1) is 0 Å². The standard InChI is InChI=1S/C23H26N4O3S/c28-21(26-10-12-27(13-11-26)23(29)19-7-4-14-30-19)16-25-9-3-5-17(15-25)22-24-18-6-1-2-8-20(18)31-22/h1-2,4,6-8,14,17H,3,5,9-13,15-16H2. The second kappa shape index (κ2) is 8.80. The first-order valence-electron chi connectivity index (χ1n) is 10.9. The molecule has 3 aromatic rings. The van der Waals surface area contributed by atoms with E-state index in [-0.39, 0.29) is 11.8 Å². The minimum absolute atomic E-state index is 0.105. The van der Waals surface area contributed by atoms with Gasteiger partial charge in [0.25, 0.3) is 5.91 Å². The van der Waals surface area contributed by atoms with Crippen LogP contribution >= 0.6 is 11.3 Å². The molecular weight excluding hydrogens is 412 g/mol. The fourth-order valence-electron chi connectivity index (χ4n) is 4.47. The molecule has 2 aliphatic heterocycles. The zero-order valence-corrected chi connectivity index (χ0v) is 18.2. The molecule has 0 N–H and O–H groups in total. The third-order valence-corrected chi connectivity index (χ3v) is 7.37. The van der Waals surface area contributed by atoms with Crippen LogP contribution in [0.15, 0.2) is 47.1 Å². The second-order valence-corrected chi connectivity index (χ2v) is 9.31. The van der Waals surface area contributed by atoms with Crippen molar-refractivity contribution in [2.45, 2.75) is 18.8 Å².